The fraction of sp³-hybridized carbons (Fsp3) is 0.583. The largest absolute Gasteiger partial charge is 0.481 e. The Balaban J connectivity index is 1.27. The summed E-state index contributed by atoms with van der Waals surface area (Å²) in [5.74, 6) is -1.53. The van der Waals surface area contributed by atoms with Crippen molar-refractivity contribution < 1.29 is 24.3 Å². The molecule has 0 bridgehead atoms. The maximum Gasteiger partial charge on any atom is 0.306 e. The van der Waals surface area contributed by atoms with Crippen LogP contribution in [0.3, 0.4) is 0 Å². The number of aliphatic carboxylic acids is 1. The van der Waals surface area contributed by atoms with Crippen LogP contribution in [0.1, 0.15) is 37.7 Å². The van der Waals surface area contributed by atoms with E-state index < -0.39 is 5.97 Å². The Labute approximate surface area is 188 Å². The number of anilines is 1. The number of rotatable bonds is 4. The second kappa shape index (κ2) is 9.30. The first kappa shape index (κ1) is 22.3. The van der Waals surface area contributed by atoms with Crippen LogP contribution in [0.2, 0.25) is 0 Å². The van der Waals surface area contributed by atoms with E-state index in [2.05, 4.69) is 0 Å². The van der Waals surface area contributed by atoms with Gasteiger partial charge in [0.15, 0.2) is 0 Å². The van der Waals surface area contributed by atoms with E-state index in [1.54, 1.807) is 14.7 Å². The predicted octanol–water partition coefficient (Wildman–Crippen LogP) is 1.91. The van der Waals surface area contributed by atoms with Crippen LogP contribution in [-0.4, -0.2) is 71.3 Å². The van der Waals surface area contributed by atoms with Crippen LogP contribution in [0.25, 0.3) is 0 Å². The monoisotopic (exact) mass is 441 g/mol. The van der Waals surface area contributed by atoms with Gasteiger partial charge in [0.1, 0.15) is 0 Å². The topological polar surface area (TPSA) is 98.2 Å². The van der Waals surface area contributed by atoms with Crippen molar-refractivity contribution in [3.63, 3.8) is 0 Å². The second-order valence-corrected chi connectivity index (χ2v) is 9.28. The first-order valence-corrected chi connectivity index (χ1v) is 11.5. The van der Waals surface area contributed by atoms with Crippen molar-refractivity contribution in [2.45, 2.75) is 39.0 Å². The summed E-state index contributed by atoms with van der Waals surface area (Å²) < 4.78 is 0. The maximum absolute atomic E-state index is 13.1. The molecule has 32 heavy (non-hydrogen) atoms. The number of likely N-dealkylation sites (tertiary alicyclic amines) is 2. The van der Waals surface area contributed by atoms with Gasteiger partial charge in [-0.05, 0) is 44.7 Å². The Morgan fingerprint density at radius 1 is 0.812 bits per heavy atom. The molecule has 0 saturated carbocycles. The highest BCUT2D eigenvalue weighted by Crippen LogP contribution is 2.29. The van der Waals surface area contributed by atoms with E-state index in [1.165, 1.54) is 0 Å². The summed E-state index contributed by atoms with van der Waals surface area (Å²) in [4.78, 5) is 54.8. The van der Waals surface area contributed by atoms with Gasteiger partial charge in [-0.2, -0.15) is 0 Å². The molecule has 1 aromatic rings. The summed E-state index contributed by atoms with van der Waals surface area (Å²) in [6.07, 6.45) is 2.47. The summed E-state index contributed by atoms with van der Waals surface area (Å²) in [7, 11) is 0. The van der Waals surface area contributed by atoms with E-state index in [0.29, 0.717) is 58.4 Å². The number of nitrogens with zero attached hydrogens (tertiary/aromatic N) is 3. The van der Waals surface area contributed by atoms with E-state index >= 15 is 0 Å². The molecule has 3 amide bonds. The van der Waals surface area contributed by atoms with Crippen molar-refractivity contribution in [1.29, 1.82) is 0 Å². The molecule has 0 unspecified atom stereocenters. The van der Waals surface area contributed by atoms with Gasteiger partial charge in [-0.25, -0.2) is 0 Å². The molecule has 3 fully saturated rings. The molecule has 1 N–H and O–H groups in total. The Hall–Kier alpha value is -2.90. The van der Waals surface area contributed by atoms with Crippen LogP contribution < -0.4 is 4.90 Å². The highest BCUT2D eigenvalue weighted by molar-refractivity contribution is 6.00. The van der Waals surface area contributed by atoms with Crippen LogP contribution in [0.4, 0.5) is 5.69 Å². The number of carbonyl (C=O) groups excluding carboxylic acids is 3. The number of carbonyl (C=O) groups is 4. The Kier molecular flexibility index (Phi) is 6.48. The lowest BCUT2D eigenvalue weighted by Crippen LogP contribution is -2.48. The number of piperidine rings is 2. The van der Waals surface area contributed by atoms with Crippen LogP contribution >= 0.6 is 0 Å². The normalized spacial score (nSPS) is 23.0. The Morgan fingerprint density at radius 3 is 1.84 bits per heavy atom. The molecule has 0 radical (unpaired) electrons. The first-order valence-electron chi connectivity index (χ1n) is 11.5. The van der Waals surface area contributed by atoms with Crippen LogP contribution in [0.15, 0.2) is 24.3 Å². The van der Waals surface area contributed by atoms with Gasteiger partial charge >= 0.3 is 5.97 Å². The molecule has 0 spiro atoms. The zero-order valence-corrected chi connectivity index (χ0v) is 18.5. The molecule has 8 nitrogen and oxygen atoms in total. The minimum absolute atomic E-state index is 0.00105. The van der Waals surface area contributed by atoms with Gasteiger partial charge in [-0.15, -0.1) is 0 Å². The van der Waals surface area contributed by atoms with Crippen molar-refractivity contribution in [2.24, 2.45) is 17.8 Å². The van der Waals surface area contributed by atoms with Crippen LogP contribution in [0, 0.1) is 24.7 Å². The maximum atomic E-state index is 13.1. The van der Waals surface area contributed by atoms with Gasteiger partial charge in [0.05, 0.1) is 11.8 Å². The zero-order chi connectivity index (χ0) is 22.8. The fourth-order valence-corrected chi connectivity index (χ4v) is 5.06. The predicted molar refractivity (Wildman–Crippen MR) is 118 cm³/mol. The van der Waals surface area contributed by atoms with E-state index in [-0.39, 0.29) is 41.9 Å². The highest BCUT2D eigenvalue weighted by Gasteiger charge is 2.39. The molecule has 1 aromatic carbocycles. The summed E-state index contributed by atoms with van der Waals surface area (Å²) in [5.41, 5.74) is 1.95. The smallest absolute Gasteiger partial charge is 0.306 e. The van der Waals surface area contributed by atoms with Crippen LogP contribution in [-0.2, 0) is 19.2 Å². The number of hydrogen-bond donors (Lipinski definition) is 1. The second-order valence-electron chi connectivity index (χ2n) is 9.28. The Bertz CT molecular complexity index is 883. The number of hydrogen-bond acceptors (Lipinski definition) is 4. The van der Waals surface area contributed by atoms with Crippen molar-refractivity contribution in [3.05, 3.63) is 29.8 Å². The standard InChI is InChI=1S/C24H31N3O5/c1-16-2-4-20(5-3-16)27-15-19(14-21(27)28)23(30)26-10-6-17(7-11-26)22(29)25-12-8-18(9-13-25)24(31)32/h2-5,17-19H,6-15H2,1H3,(H,31,32)/t19-/m1/s1. The lowest BCUT2D eigenvalue weighted by Gasteiger charge is -2.37. The van der Waals surface area contributed by atoms with Crippen LogP contribution in [0.5, 0.6) is 0 Å². The molecule has 0 aromatic heterocycles. The summed E-state index contributed by atoms with van der Waals surface area (Å²) >= 11 is 0. The molecule has 4 rings (SSSR count). The molecule has 3 saturated heterocycles. The third-order valence-corrected chi connectivity index (χ3v) is 7.13. The molecule has 3 aliphatic heterocycles. The van der Waals surface area contributed by atoms with E-state index in [9.17, 15) is 19.2 Å². The SMILES string of the molecule is Cc1ccc(N2C[C@H](C(=O)N3CCC(C(=O)N4CCC(C(=O)O)CC4)CC3)CC2=O)cc1. The number of benzene rings is 1. The number of aryl methyl sites for hydroxylation is 1. The van der Waals surface area contributed by atoms with Gasteiger partial charge in [0.2, 0.25) is 17.7 Å². The fourth-order valence-electron chi connectivity index (χ4n) is 5.06. The van der Waals surface area contributed by atoms with Gasteiger partial charge < -0.3 is 19.8 Å². The van der Waals surface area contributed by atoms with Crippen molar-refractivity contribution in [2.75, 3.05) is 37.6 Å². The average molecular weight is 442 g/mol. The lowest BCUT2D eigenvalue weighted by atomic mass is 9.91. The molecule has 1 atom stereocenters. The molecule has 0 aliphatic carbocycles. The summed E-state index contributed by atoms with van der Waals surface area (Å²) in [5, 5.41) is 9.13. The average Bonchev–Trinajstić information content (AvgIpc) is 3.20. The van der Waals surface area contributed by atoms with Gasteiger partial charge in [-0.3, -0.25) is 19.2 Å². The molecular weight excluding hydrogens is 410 g/mol. The van der Waals surface area contributed by atoms with Gasteiger partial charge in [0, 0.05) is 50.7 Å². The van der Waals surface area contributed by atoms with E-state index in [4.69, 9.17) is 5.11 Å². The van der Waals surface area contributed by atoms with E-state index in [0.717, 1.165) is 11.3 Å². The molecule has 172 valence electrons. The first-order chi connectivity index (χ1) is 15.3. The summed E-state index contributed by atoms with van der Waals surface area (Å²) in [6, 6.07) is 7.75. The van der Waals surface area contributed by atoms with E-state index in [1.807, 2.05) is 31.2 Å². The number of amides is 3. The minimum atomic E-state index is -0.782. The minimum Gasteiger partial charge on any atom is -0.481 e. The van der Waals surface area contributed by atoms with Crippen molar-refractivity contribution in [1.82, 2.24) is 9.80 Å². The molecule has 3 heterocycles. The molecule has 8 heteroatoms. The number of carboxylic acid groups (broad SMARTS) is 1. The van der Waals surface area contributed by atoms with Gasteiger partial charge in [0.25, 0.3) is 0 Å². The third-order valence-electron chi connectivity index (χ3n) is 7.13. The molecular formula is C24H31N3O5. The zero-order valence-electron chi connectivity index (χ0n) is 18.5. The third kappa shape index (κ3) is 4.64. The highest BCUT2D eigenvalue weighted by atomic mass is 16.4. The summed E-state index contributed by atoms with van der Waals surface area (Å²) in [6.45, 7) is 4.43. The van der Waals surface area contributed by atoms with Crippen molar-refractivity contribution >= 4 is 29.4 Å². The number of carboxylic acids is 1. The van der Waals surface area contributed by atoms with Crippen molar-refractivity contribution in [3.8, 4) is 0 Å². The quantitative estimate of drug-likeness (QED) is 0.770. The van der Waals surface area contributed by atoms with Gasteiger partial charge in [-0.1, -0.05) is 17.7 Å². The lowest BCUT2D eigenvalue weighted by molar-refractivity contribution is -0.147. The molecule has 3 aliphatic rings. The Morgan fingerprint density at radius 2 is 1.31 bits per heavy atom.